The van der Waals surface area contributed by atoms with Crippen molar-refractivity contribution in [2.45, 2.75) is 6.04 Å². The standard InChI is InChI=1S/C14H16N2O3/c1-19-8-11(15)14(18)16-12-6-2-5-10-9(12)4-3-7-13(10)17/h2-7,11,17H,8,15H2,1H3,(H,16,18). The highest BCUT2D eigenvalue weighted by molar-refractivity contribution is 6.05. The van der Waals surface area contributed by atoms with Crippen LogP contribution in [0.15, 0.2) is 36.4 Å². The number of rotatable bonds is 4. The van der Waals surface area contributed by atoms with Gasteiger partial charge in [0.25, 0.3) is 0 Å². The number of carbonyl (C=O) groups excluding carboxylic acids is 1. The molecule has 2 rings (SSSR count). The highest BCUT2D eigenvalue weighted by Gasteiger charge is 2.14. The van der Waals surface area contributed by atoms with Crippen LogP contribution >= 0.6 is 0 Å². The van der Waals surface area contributed by atoms with Gasteiger partial charge in [-0.25, -0.2) is 0 Å². The summed E-state index contributed by atoms with van der Waals surface area (Å²) < 4.78 is 4.84. The molecule has 0 aliphatic carbocycles. The van der Waals surface area contributed by atoms with Gasteiger partial charge in [0.05, 0.1) is 6.61 Å². The molecular weight excluding hydrogens is 244 g/mol. The number of aromatic hydroxyl groups is 1. The van der Waals surface area contributed by atoms with Crippen LogP contribution in [-0.2, 0) is 9.53 Å². The maximum Gasteiger partial charge on any atom is 0.243 e. The summed E-state index contributed by atoms with van der Waals surface area (Å²) in [5.41, 5.74) is 6.28. The topological polar surface area (TPSA) is 84.6 Å². The fraction of sp³-hybridized carbons (Fsp3) is 0.214. The number of hydrogen-bond acceptors (Lipinski definition) is 4. The third-order valence-electron chi connectivity index (χ3n) is 2.84. The number of fused-ring (bicyclic) bond motifs is 1. The van der Waals surface area contributed by atoms with Gasteiger partial charge in [0.1, 0.15) is 11.8 Å². The summed E-state index contributed by atoms with van der Waals surface area (Å²) in [4.78, 5) is 11.9. The van der Waals surface area contributed by atoms with E-state index in [4.69, 9.17) is 10.5 Å². The summed E-state index contributed by atoms with van der Waals surface area (Å²) in [7, 11) is 1.49. The number of methoxy groups -OCH3 is 1. The second-order valence-corrected chi connectivity index (χ2v) is 4.23. The maximum absolute atomic E-state index is 11.9. The molecule has 0 aliphatic rings. The van der Waals surface area contributed by atoms with Gasteiger partial charge >= 0.3 is 0 Å². The first-order valence-corrected chi connectivity index (χ1v) is 5.89. The molecule has 5 nitrogen and oxygen atoms in total. The Morgan fingerprint density at radius 3 is 2.74 bits per heavy atom. The van der Waals surface area contributed by atoms with E-state index in [9.17, 15) is 9.90 Å². The van der Waals surface area contributed by atoms with Crippen molar-refractivity contribution in [3.63, 3.8) is 0 Å². The van der Waals surface area contributed by atoms with Crippen molar-refractivity contribution in [3.05, 3.63) is 36.4 Å². The maximum atomic E-state index is 11.9. The fourth-order valence-corrected chi connectivity index (χ4v) is 1.88. The molecule has 2 aromatic rings. The van der Waals surface area contributed by atoms with Crippen LogP contribution < -0.4 is 11.1 Å². The van der Waals surface area contributed by atoms with Crippen LogP contribution in [0.4, 0.5) is 5.69 Å². The summed E-state index contributed by atoms with van der Waals surface area (Å²) in [6.45, 7) is 0.155. The van der Waals surface area contributed by atoms with Crippen LogP contribution in [0.25, 0.3) is 10.8 Å². The van der Waals surface area contributed by atoms with E-state index in [0.717, 1.165) is 5.39 Å². The highest BCUT2D eigenvalue weighted by Crippen LogP contribution is 2.29. The number of nitrogens with one attached hydrogen (secondary N) is 1. The van der Waals surface area contributed by atoms with Crippen molar-refractivity contribution in [1.82, 2.24) is 0 Å². The van der Waals surface area contributed by atoms with Crippen LogP contribution in [0.5, 0.6) is 5.75 Å². The molecule has 0 aromatic heterocycles. The lowest BCUT2D eigenvalue weighted by molar-refractivity contribution is -0.118. The smallest absolute Gasteiger partial charge is 0.243 e. The SMILES string of the molecule is COCC(N)C(=O)Nc1cccc2c(O)cccc12. The molecule has 1 amide bonds. The summed E-state index contributed by atoms with van der Waals surface area (Å²) in [5.74, 6) is -0.146. The monoisotopic (exact) mass is 260 g/mol. The zero-order valence-corrected chi connectivity index (χ0v) is 10.6. The van der Waals surface area contributed by atoms with Crippen molar-refractivity contribution in [2.75, 3.05) is 19.0 Å². The first-order chi connectivity index (χ1) is 9.13. The molecule has 0 spiro atoms. The summed E-state index contributed by atoms with van der Waals surface area (Å²) in [6.07, 6.45) is 0. The van der Waals surface area contributed by atoms with E-state index in [0.29, 0.717) is 11.1 Å². The van der Waals surface area contributed by atoms with E-state index >= 15 is 0 Å². The fourth-order valence-electron chi connectivity index (χ4n) is 1.88. The number of phenolic OH excluding ortho intramolecular Hbond substituents is 1. The second kappa shape index (κ2) is 5.69. The Balaban J connectivity index is 2.31. The molecule has 1 unspecified atom stereocenters. The second-order valence-electron chi connectivity index (χ2n) is 4.23. The molecule has 5 heteroatoms. The van der Waals surface area contributed by atoms with Crippen LogP contribution in [0.3, 0.4) is 0 Å². The molecule has 100 valence electrons. The largest absolute Gasteiger partial charge is 0.507 e. The lowest BCUT2D eigenvalue weighted by Crippen LogP contribution is -2.39. The van der Waals surface area contributed by atoms with Gasteiger partial charge in [-0.05, 0) is 12.1 Å². The predicted octanol–water partition coefficient (Wildman–Crippen LogP) is 1.46. The van der Waals surface area contributed by atoms with Gasteiger partial charge in [0.15, 0.2) is 0 Å². The molecule has 19 heavy (non-hydrogen) atoms. The Kier molecular flexibility index (Phi) is 3.99. The van der Waals surface area contributed by atoms with Crippen LogP contribution in [0.2, 0.25) is 0 Å². The zero-order valence-electron chi connectivity index (χ0n) is 10.6. The minimum absolute atomic E-state index is 0.155. The first kappa shape index (κ1) is 13.3. The van der Waals surface area contributed by atoms with Crippen LogP contribution in [0, 0.1) is 0 Å². The minimum Gasteiger partial charge on any atom is -0.507 e. The number of nitrogens with two attached hydrogens (primary N) is 1. The van der Waals surface area contributed by atoms with E-state index in [2.05, 4.69) is 5.32 Å². The molecule has 0 radical (unpaired) electrons. The molecule has 1 atom stereocenters. The van der Waals surface area contributed by atoms with Gasteiger partial charge in [-0.15, -0.1) is 0 Å². The van der Waals surface area contributed by atoms with Crippen LogP contribution in [-0.4, -0.2) is 30.8 Å². The summed E-state index contributed by atoms with van der Waals surface area (Å²) in [6, 6.07) is 9.74. The number of hydrogen-bond donors (Lipinski definition) is 3. The Labute approximate surface area is 111 Å². The lowest BCUT2D eigenvalue weighted by Gasteiger charge is -2.13. The molecular formula is C14H16N2O3. The third kappa shape index (κ3) is 2.83. The number of anilines is 1. The van der Waals surface area contributed by atoms with E-state index in [1.807, 2.05) is 6.07 Å². The molecule has 2 aromatic carbocycles. The van der Waals surface area contributed by atoms with Crippen LogP contribution in [0.1, 0.15) is 0 Å². The van der Waals surface area contributed by atoms with E-state index in [-0.39, 0.29) is 18.3 Å². The quantitative estimate of drug-likeness (QED) is 0.777. The Morgan fingerprint density at radius 2 is 2.00 bits per heavy atom. The summed E-state index contributed by atoms with van der Waals surface area (Å²) in [5, 5.41) is 14.0. The number of benzene rings is 2. The normalized spacial score (nSPS) is 12.3. The average Bonchev–Trinajstić information content (AvgIpc) is 2.40. The van der Waals surface area contributed by atoms with Crippen molar-refractivity contribution in [3.8, 4) is 5.75 Å². The molecule has 0 heterocycles. The molecule has 0 saturated carbocycles. The average molecular weight is 260 g/mol. The lowest BCUT2D eigenvalue weighted by atomic mass is 10.1. The van der Waals surface area contributed by atoms with E-state index < -0.39 is 6.04 Å². The number of carbonyl (C=O) groups is 1. The van der Waals surface area contributed by atoms with Crippen molar-refractivity contribution >= 4 is 22.4 Å². The first-order valence-electron chi connectivity index (χ1n) is 5.89. The van der Waals surface area contributed by atoms with Crippen molar-refractivity contribution in [1.29, 1.82) is 0 Å². The molecule has 0 aliphatic heterocycles. The molecule has 4 N–H and O–H groups in total. The van der Waals surface area contributed by atoms with Gasteiger partial charge in [-0.3, -0.25) is 4.79 Å². The Bertz CT molecular complexity index is 598. The Morgan fingerprint density at radius 1 is 1.32 bits per heavy atom. The number of amides is 1. The van der Waals surface area contributed by atoms with Crippen molar-refractivity contribution in [2.24, 2.45) is 5.73 Å². The summed E-state index contributed by atoms with van der Waals surface area (Å²) >= 11 is 0. The van der Waals surface area contributed by atoms with Gasteiger partial charge in [0, 0.05) is 23.6 Å². The van der Waals surface area contributed by atoms with Gasteiger partial charge < -0.3 is 20.9 Å². The Hall–Kier alpha value is -2.11. The third-order valence-corrected chi connectivity index (χ3v) is 2.84. The number of phenols is 1. The molecule has 0 fully saturated rings. The van der Waals surface area contributed by atoms with Gasteiger partial charge in [0.2, 0.25) is 5.91 Å². The zero-order chi connectivity index (χ0) is 13.8. The van der Waals surface area contributed by atoms with E-state index in [1.165, 1.54) is 7.11 Å². The van der Waals surface area contributed by atoms with Gasteiger partial charge in [-0.1, -0.05) is 24.3 Å². The molecule has 0 saturated heterocycles. The highest BCUT2D eigenvalue weighted by atomic mass is 16.5. The van der Waals surface area contributed by atoms with Crippen molar-refractivity contribution < 1.29 is 14.6 Å². The van der Waals surface area contributed by atoms with E-state index in [1.54, 1.807) is 30.3 Å². The predicted molar refractivity (Wildman–Crippen MR) is 74.1 cm³/mol. The molecule has 0 bridgehead atoms. The number of ether oxygens (including phenoxy) is 1. The van der Waals surface area contributed by atoms with Gasteiger partial charge in [-0.2, -0.15) is 0 Å². The minimum atomic E-state index is -0.724.